The molecular weight excluding hydrogens is 376 g/mol. The van der Waals surface area contributed by atoms with Crippen molar-refractivity contribution >= 4 is 34.5 Å². The molecule has 5 nitrogen and oxygen atoms in total. The van der Waals surface area contributed by atoms with E-state index in [2.05, 4.69) is 55.0 Å². The van der Waals surface area contributed by atoms with Gasteiger partial charge in [-0.1, -0.05) is 45.0 Å². The lowest BCUT2D eigenvalue weighted by atomic mass is 9.87. The van der Waals surface area contributed by atoms with E-state index in [0.29, 0.717) is 5.13 Å². The first-order chi connectivity index (χ1) is 12.8. The van der Waals surface area contributed by atoms with Crippen molar-refractivity contribution < 1.29 is 4.18 Å². The first-order valence-electron chi connectivity index (χ1n) is 8.42. The lowest BCUT2D eigenvalue weighted by Crippen LogP contribution is -2.21. The molecule has 0 bridgehead atoms. The molecule has 0 aliphatic carbocycles. The number of guanidine groups is 1. The van der Waals surface area contributed by atoms with Crippen LogP contribution in [0.3, 0.4) is 0 Å². The maximum Gasteiger partial charge on any atom is 0.212 e. The van der Waals surface area contributed by atoms with Gasteiger partial charge in [-0.05, 0) is 35.2 Å². The Labute approximate surface area is 167 Å². The molecule has 7 heteroatoms. The molecule has 0 unspecified atom stereocenters. The molecule has 0 atom stereocenters. The van der Waals surface area contributed by atoms with Crippen LogP contribution in [0.1, 0.15) is 26.3 Å². The van der Waals surface area contributed by atoms with Crippen LogP contribution in [0.5, 0.6) is 5.75 Å². The highest BCUT2D eigenvalue weighted by atomic mass is 32.2. The maximum atomic E-state index is 5.88. The molecular formula is C20H22N4OS2. The van der Waals surface area contributed by atoms with Crippen LogP contribution >= 0.6 is 23.4 Å². The quantitative estimate of drug-likeness (QED) is 0.355. The van der Waals surface area contributed by atoms with Gasteiger partial charge in [-0.2, -0.15) is 4.99 Å². The van der Waals surface area contributed by atoms with Gasteiger partial charge in [-0.15, -0.1) is 11.3 Å². The van der Waals surface area contributed by atoms with Crippen LogP contribution in [0.25, 0.3) is 11.3 Å². The van der Waals surface area contributed by atoms with Gasteiger partial charge in [0.05, 0.1) is 17.7 Å². The zero-order valence-corrected chi connectivity index (χ0v) is 17.1. The van der Waals surface area contributed by atoms with Crippen molar-refractivity contribution in [2.24, 2.45) is 16.5 Å². The fraction of sp³-hybridized carbons (Fsp3) is 0.200. The summed E-state index contributed by atoms with van der Waals surface area (Å²) < 4.78 is 5.88. The summed E-state index contributed by atoms with van der Waals surface area (Å²) in [6.45, 7) is 6.61. The van der Waals surface area contributed by atoms with Gasteiger partial charge in [0.15, 0.2) is 5.96 Å². The first kappa shape index (κ1) is 19.3. The highest BCUT2D eigenvalue weighted by molar-refractivity contribution is 7.95. The van der Waals surface area contributed by atoms with Crippen LogP contribution in [-0.2, 0) is 5.41 Å². The summed E-state index contributed by atoms with van der Waals surface area (Å²) in [6.07, 6.45) is 0. The standard InChI is InChI=1S/C20H22N4OS2/c1-20(2,3)14-7-9-16(10-8-14)27-25-15-6-4-5-13(11-15)17-12-26-19(23-17)24-18(21)22/h4-12H,1-3H3,(H4,21,22,23,24). The van der Waals surface area contributed by atoms with E-state index in [1.54, 1.807) is 0 Å². The zero-order valence-electron chi connectivity index (χ0n) is 15.5. The van der Waals surface area contributed by atoms with Crippen molar-refractivity contribution in [3.63, 3.8) is 0 Å². The van der Waals surface area contributed by atoms with Gasteiger partial charge in [0, 0.05) is 15.8 Å². The maximum absolute atomic E-state index is 5.88. The van der Waals surface area contributed by atoms with Gasteiger partial charge in [-0.3, -0.25) is 0 Å². The van der Waals surface area contributed by atoms with Crippen LogP contribution in [0.15, 0.2) is 63.8 Å². The minimum absolute atomic E-state index is 0.00173. The molecule has 0 saturated heterocycles. The van der Waals surface area contributed by atoms with Gasteiger partial charge in [0.2, 0.25) is 5.13 Å². The number of nitrogens with zero attached hydrogens (tertiary/aromatic N) is 2. The summed E-state index contributed by atoms with van der Waals surface area (Å²) in [5.74, 6) is 0.760. The molecule has 0 saturated carbocycles. The fourth-order valence-electron chi connectivity index (χ4n) is 2.37. The number of benzene rings is 2. The third kappa shape index (κ3) is 5.24. The van der Waals surface area contributed by atoms with Gasteiger partial charge in [0.25, 0.3) is 0 Å². The van der Waals surface area contributed by atoms with Crippen LogP contribution in [0, 0.1) is 0 Å². The van der Waals surface area contributed by atoms with Crippen molar-refractivity contribution in [2.45, 2.75) is 31.1 Å². The highest BCUT2D eigenvalue weighted by Crippen LogP contribution is 2.31. The summed E-state index contributed by atoms with van der Waals surface area (Å²) >= 11 is 2.73. The number of thiazole rings is 1. The summed E-state index contributed by atoms with van der Waals surface area (Å²) in [5.41, 5.74) is 14.0. The predicted octanol–water partition coefficient (Wildman–Crippen LogP) is 5.10. The lowest BCUT2D eigenvalue weighted by molar-refractivity contribution is 0.589. The number of hydrogen-bond donors (Lipinski definition) is 2. The number of nitrogens with two attached hydrogens (primary N) is 2. The Morgan fingerprint density at radius 3 is 2.52 bits per heavy atom. The summed E-state index contributed by atoms with van der Waals surface area (Å²) in [4.78, 5) is 9.45. The van der Waals surface area contributed by atoms with Gasteiger partial charge in [0.1, 0.15) is 5.75 Å². The molecule has 3 rings (SSSR count). The second kappa shape index (κ2) is 8.02. The Morgan fingerprint density at radius 2 is 1.85 bits per heavy atom. The Morgan fingerprint density at radius 1 is 1.11 bits per heavy atom. The molecule has 0 aliphatic rings. The largest absolute Gasteiger partial charge is 0.421 e. The highest BCUT2D eigenvalue weighted by Gasteiger charge is 2.13. The van der Waals surface area contributed by atoms with Crippen LogP contribution < -0.4 is 15.7 Å². The SMILES string of the molecule is CC(C)(C)c1ccc(SOc2cccc(-c3csc(N=C(N)N)n3)c2)cc1. The molecule has 0 spiro atoms. The molecule has 0 amide bonds. The molecule has 1 heterocycles. The minimum Gasteiger partial charge on any atom is -0.421 e. The molecule has 3 aromatic rings. The minimum atomic E-state index is 0.00173. The molecule has 4 N–H and O–H groups in total. The molecule has 140 valence electrons. The second-order valence-corrected chi connectivity index (χ2v) is 8.66. The van der Waals surface area contributed by atoms with Gasteiger partial charge >= 0.3 is 0 Å². The molecule has 0 fully saturated rings. The van der Waals surface area contributed by atoms with E-state index in [1.807, 2.05) is 29.6 Å². The first-order valence-corrected chi connectivity index (χ1v) is 10.0. The summed E-state index contributed by atoms with van der Waals surface area (Å²) in [6, 6.07) is 16.2. The summed E-state index contributed by atoms with van der Waals surface area (Å²) in [5, 5.41) is 2.45. The smallest absolute Gasteiger partial charge is 0.212 e. The normalized spacial score (nSPS) is 11.2. The average molecular weight is 399 g/mol. The Balaban J connectivity index is 1.69. The number of aromatic nitrogens is 1. The van der Waals surface area contributed by atoms with E-state index in [9.17, 15) is 0 Å². The molecule has 27 heavy (non-hydrogen) atoms. The fourth-order valence-corrected chi connectivity index (χ4v) is 3.63. The van der Waals surface area contributed by atoms with Crippen molar-refractivity contribution in [3.05, 3.63) is 59.5 Å². The topological polar surface area (TPSA) is 86.5 Å². The average Bonchev–Trinajstić information content (AvgIpc) is 3.07. The third-order valence-corrected chi connectivity index (χ3v) is 5.28. The number of rotatable bonds is 5. The van der Waals surface area contributed by atoms with E-state index >= 15 is 0 Å². The van der Waals surface area contributed by atoms with E-state index in [-0.39, 0.29) is 11.4 Å². The summed E-state index contributed by atoms with van der Waals surface area (Å²) in [7, 11) is 0. The van der Waals surface area contributed by atoms with Crippen molar-refractivity contribution in [1.29, 1.82) is 0 Å². The van der Waals surface area contributed by atoms with Crippen molar-refractivity contribution in [3.8, 4) is 17.0 Å². The predicted molar refractivity (Wildman–Crippen MR) is 115 cm³/mol. The third-order valence-electron chi connectivity index (χ3n) is 3.80. The van der Waals surface area contributed by atoms with Gasteiger partial charge in [-0.25, -0.2) is 4.98 Å². The van der Waals surface area contributed by atoms with E-state index in [0.717, 1.165) is 21.9 Å². The van der Waals surface area contributed by atoms with Crippen molar-refractivity contribution in [2.75, 3.05) is 0 Å². The van der Waals surface area contributed by atoms with Crippen LogP contribution in [-0.4, -0.2) is 10.9 Å². The van der Waals surface area contributed by atoms with Crippen molar-refractivity contribution in [1.82, 2.24) is 4.98 Å². The Kier molecular flexibility index (Phi) is 5.72. The molecule has 0 radical (unpaired) electrons. The molecule has 0 aliphatic heterocycles. The Hall–Kier alpha value is -2.51. The lowest BCUT2D eigenvalue weighted by Gasteiger charge is -2.18. The zero-order chi connectivity index (χ0) is 19.4. The monoisotopic (exact) mass is 398 g/mol. The number of aliphatic imine (C=N–C) groups is 1. The second-order valence-electron chi connectivity index (χ2n) is 7.02. The van der Waals surface area contributed by atoms with E-state index < -0.39 is 0 Å². The van der Waals surface area contributed by atoms with Crippen LogP contribution in [0.4, 0.5) is 5.13 Å². The Bertz CT molecular complexity index is 939. The van der Waals surface area contributed by atoms with E-state index in [1.165, 1.54) is 28.9 Å². The molecule has 2 aromatic carbocycles. The number of hydrogen-bond acceptors (Lipinski definition) is 5. The van der Waals surface area contributed by atoms with Crippen LogP contribution in [0.2, 0.25) is 0 Å². The molecule has 1 aromatic heterocycles. The van der Waals surface area contributed by atoms with E-state index in [4.69, 9.17) is 15.7 Å². The van der Waals surface area contributed by atoms with Gasteiger partial charge < -0.3 is 15.7 Å².